The Morgan fingerprint density at radius 1 is 1.19 bits per heavy atom. The number of hydrogen-bond donors (Lipinski definition) is 1. The maximum atomic E-state index is 13.9. The zero-order valence-electron chi connectivity index (χ0n) is 17.3. The standard InChI is InChI=1S/C22H23FN4O4S/c23-17-5-1-2-6-18(17)24-22-25-19(15-32-22)21(29)27(14-16-4-3-11-31-16)8-7-20(28)26-9-12-30-13-10-26/h1-6,11,15H,7-10,12-14H2,(H,24,25). The van der Waals surface area contributed by atoms with E-state index in [1.165, 1.54) is 23.7 Å². The van der Waals surface area contributed by atoms with Crippen molar-refractivity contribution in [2.24, 2.45) is 0 Å². The third-order valence-corrected chi connectivity index (χ3v) is 5.77. The van der Waals surface area contributed by atoms with E-state index in [2.05, 4.69) is 10.3 Å². The minimum absolute atomic E-state index is 0.0225. The molecule has 3 heterocycles. The van der Waals surface area contributed by atoms with E-state index >= 15 is 0 Å². The van der Waals surface area contributed by atoms with Gasteiger partial charge in [0.05, 0.1) is 31.7 Å². The summed E-state index contributed by atoms with van der Waals surface area (Å²) >= 11 is 1.21. The molecule has 1 fully saturated rings. The van der Waals surface area contributed by atoms with Crippen LogP contribution in [0.15, 0.2) is 52.5 Å². The fourth-order valence-electron chi connectivity index (χ4n) is 3.31. The van der Waals surface area contributed by atoms with Gasteiger partial charge in [-0.15, -0.1) is 11.3 Å². The average molecular weight is 459 g/mol. The second kappa shape index (κ2) is 10.4. The first-order chi connectivity index (χ1) is 15.6. The maximum Gasteiger partial charge on any atom is 0.273 e. The summed E-state index contributed by atoms with van der Waals surface area (Å²) in [7, 11) is 0. The van der Waals surface area contributed by atoms with E-state index in [4.69, 9.17) is 9.15 Å². The first-order valence-corrected chi connectivity index (χ1v) is 11.1. The Balaban J connectivity index is 1.44. The molecule has 0 radical (unpaired) electrons. The van der Waals surface area contributed by atoms with Crippen LogP contribution >= 0.6 is 11.3 Å². The molecule has 0 unspecified atom stereocenters. The Morgan fingerprint density at radius 2 is 2.00 bits per heavy atom. The van der Waals surface area contributed by atoms with Crippen LogP contribution in [-0.2, 0) is 16.1 Å². The van der Waals surface area contributed by atoms with Crippen LogP contribution in [0.5, 0.6) is 0 Å². The van der Waals surface area contributed by atoms with Crippen molar-refractivity contribution in [3.8, 4) is 0 Å². The van der Waals surface area contributed by atoms with Gasteiger partial charge in [0.1, 0.15) is 17.3 Å². The van der Waals surface area contributed by atoms with Crippen molar-refractivity contribution in [1.82, 2.24) is 14.8 Å². The van der Waals surface area contributed by atoms with Crippen molar-refractivity contribution in [1.29, 1.82) is 0 Å². The molecule has 1 aliphatic heterocycles. The van der Waals surface area contributed by atoms with Gasteiger partial charge in [0.15, 0.2) is 5.13 Å². The minimum atomic E-state index is -0.406. The molecule has 3 aromatic rings. The summed E-state index contributed by atoms with van der Waals surface area (Å²) < 4.78 is 24.6. The molecule has 8 nitrogen and oxygen atoms in total. The molecule has 32 heavy (non-hydrogen) atoms. The Hall–Kier alpha value is -3.24. The van der Waals surface area contributed by atoms with Gasteiger partial charge in [-0.1, -0.05) is 12.1 Å². The molecule has 4 rings (SSSR count). The van der Waals surface area contributed by atoms with Crippen LogP contribution in [-0.4, -0.2) is 59.4 Å². The number of ether oxygens (including phenoxy) is 1. The van der Waals surface area contributed by atoms with Crippen LogP contribution in [0.2, 0.25) is 0 Å². The molecule has 1 saturated heterocycles. The highest BCUT2D eigenvalue weighted by molar-refractivity contribution is 7.14. The third-order valence-electron chi connectivity index (χ3n) is 5.01. The van der Waals surface area contributed by atoms with Crippen LogP contribution in [0.25, 0.3) is 0 Å². The van der Waals surface area contributed by atoms with Crippen molar-refractivity contribution >= 4 is 34.0 Å². The smallest absolute Gasteiger partial charge is 0.273 e. The lowest BCUT2D eigenvalue weighted by Gasteiger charge is -2.28. The largest absolute Gasteiger partial charge is 0.467 e. The highest BCUT2D eigenvalue weighted by Crippen LogP contribution is 2.24. The zero-order chi connectivity index (χ0) is 22.3. The molecule has 0 aliphatic carbocycles. The third kappa shape index (κ3) is 5.51. The van der Waals surface area contributed by atoms with Crippen molar-refractivity contribution < 1.29 is 23.1 Å². The predicted molar refractivity (Wildman–Crippen MR) is 117 cm³/mol. The highest BCUT2D eigenvalue weighted by Gasteiger charge is 2.23. The summed E-state index contributed by atoms with van der Waals surface area (Å²) in [6.45, 7) is 2.61. The molecule has 168 valence electrons. The van der Waals surface area contributed by atoms with Gasteiger partial charge in [0.2, 0.25) is 5.91 Å². The first-order valence-electron chi connectivity index (χ1n) is 10.2. The van der Waals surface area contributed by atoms with E-state index in [9.17, 15) is 14.0 Å². The van der Waals surface area contributed by atoms with Gasteiger partial charge in [0, 0.05) is 31.4 Å². The van der Waals surface area contributed by atoms with Gasteiger partial charge in [-0.2, -0.15) is 0 Å². The Kier molecular flexibility index (Phi) is 7.13. The molecule has 1 aromatic carbocycles. The molecular formula is C22H23FN4O4S. The summed E-state index contributed by atoms with van der Waals surface area (Å²) in [5.41, 5.74) is 0.503. The Morgan fingerprint density at radius 3 is 2.75 bits per heavy atom. The summed E-state index contributed by atoms with van der Waals surface area (Å²) in [6, 6.07) is 9.77. The lowest BCUT2D eigenvalue weighted by atomic mass is 10.2. The number of nitrogens with zero attached hydrogens (tertiary/aromatic N) is 3. The molecule has 0 saturated carbocycles. The monoisotopic (exact) mass is 458 g/mol. The lowest BCUT2D eigenvalue weighted by molar-refractivity contribution is -0.135. The summed E-state index contributed by atoms with van der Waals surface area (Å²) in [5, 5.41) is 4.91. The van der Waals surface area contributed by atoms with E-state index in [-0.39, 0.29) is 42.7 Å². The number of nitrogens with one attached hydrogen (secondary N) is 1. The predicted octanol–water partition coefficient (Wildman–Crippen LogP) is 3.51. The van der Waals surface area contributed by atoms with Gasteiger partial charge in [-0.25, -0.2) is 9.37 Å². The number of aromatic nitrogens is 1. The van der Waals surface area contributed by atoms with E-state index in [1.54, 1.807) is 45.5 Å². The molecular weight excluding hydrogens is 435 g/mol. The SMILES string of the molecule is O=C(CCN(Cc1ccco1)C(=O)c1csc(Nc2ccccc2F)n1)N1CCOCC1. The number of carbonyl (C=O) groups excluding carboxylic acids is 2. The summed E-state index contributed by atoms with van der Waals surface area (Å²) in [4.78, 5) is 33.3. The average Bonchev–Trinajstić information content (AvgIpc) is 3.50. The number of amides is 2. The number of furan rings is 1. The number of halogens is 1. The molecule has 1 aliphatic rings. The number of morpholine rings is 1. The van der Waals surface area contributed by atoms with E-state index < -0.39 is 5.82 Å². The Labute approximate surface area is 188 Å². The van der Waals surface area contributed by atoms with Crippen LogP contribution in [0.1, 0.15) is 22.7 Å². The molecule has 1 N–H and O–H groups in total. The van der Waals surface area contributed by atoms with Crippen molar-refractivity contribution in [3.05, 3.63) is 65.3 Å². The highest BCUT2D eigenvalue weighted by atomic mass is 32.1. The number of para-hydroxylation sites is 1. The van der Waals surface area contributed by atoms with Crippen LogP contribution in [0, 0.1) is 5.82 Å². The van der Waals surface area contributed by atoms with Crippen LogP contribution in [0.3, 0.4) is 0 Å². The summed E-state index contributed by atoms with van der Waals surface area (Å²) in [6.07, 6.45) is 1.73. The molecule has 2 aromatic heterocycles. The normalized spacial score (nSPS) is 13.7. The molecule has 10 heteroatoms. The van der Waals surface area contributed by atoms with Gasteiger partial charge >= 0.3 is 0 Å². The number of hydrogen-bond acceptors (Lipinski definition) is 7. The summed E-state index contributed by atoms with van der Waals surface area (Å²) in [5.74, 6) is -0.145. The number of carbonyl (C=O) groups is 2. The minimum Gasteiger partial charge on any atom is -0.467 e. The van der Waals surface area contributed by atoms with Gasteiger partial charge in [-0.3, -0.25) is 9.59 Å². The number of anilines is 2. The van der Waals surface area contributed by atoms with Crippen molar-refractivity contribution in [2.75, 3.05) is 38.2 Å². The van der Waals surface area contributed by atoms with Gasteiger partial charge in [-0.05, 0) is 24.3 Å². The molecule has 0 spiro atoms. The number of thiazole rings is 1. The van der Waals surface area contributed by atoms with Gasteiger partial charge < -0.3 is 24.3 Å². The maximum absolute atomic E-state index is 13.9. The van der Waals surface area contributed by atoms with Crippen LogP contribution < -0.4 is 5.32 Å². The van der Waals surface area contributed by atoms with Crippen LogP contribution in [0.4, 0.5) is 15.2 Å². The van der Waals surface area contributed by atoms with E-state index in [0.717, 1.165) is 0 Å². The quantitative estimate of drug-likeness (QED) is 0.556. The lowest BCUT2D eigenvalue weighted by Crippen LogP contribution is -2.42. The topological polar surface area (TPSA) is 87.9 Å². The van der Waals surface area contributed by atoms with Gasteiger partial charge in [0.25, 0.3) is 5.91 Å². The number of benzene rings is 1. The fourth-order valence-corrected chi connectivity index (χ4v) is 4.01. The van der Waals surface area contributed by atoms with Crippen molar-refractivity contribution in [3.63, 3.8) is 0 Å². The Bertz CT molecular complexity index is 1050. The number of rotatable bonds is 8. The molecule has 0 bridgehead atoms. The second-order valence-electron chi connectivity index (χ2n) is 7.19. The molecule has 0 atom stereocenters. The zero-order valence-corrected chi connectivity index (χ0v) is 18.1. The van der Waals surface area contributed by atoms with Crippen molar-refractivity contribution in [2.45, 2.75) is 13.0 Å². The van der Waals surface area contributed by atoms with E-state index in [1.807, 2.05) is 0 Å². The molecule has 2 amide bonds. The first kappa shape index (κ1) is 22.0. The second-order valence-corrected chi connectivity index (χ2v) is 8.05. The van der Waals surface area contributed by atoms with E-state index in [0.29, 0.717) is 37.2 Å². The fraction of sp³-hybridized carbons (Fsp3) is 0.318.